The van der Waals surface area contributed by atoms with Gasteiger partial charge in [0.15, 0.2) is 0 Å². The van der Waals surface area contributed by atoms with Crippen LogP contribution in [0.1, 0.15) is 180 Å². The van der Waals surface area contributed by atoms with Crippen LogP contribution in [0.15, 0.2) is 60.7 Å². The summed E-state index contributed by atoms with van der Waals surface area (Å²) in [6.45, 7) is 21.7. The van der Waals surface area contributed by atoms with E-state index in [0.29, 0.717) is 0 Å². The lowest BCUT2D eigenvalue weighted by Crippen LogP contribution is -2.24. The number of nitrogens with zero attached hydrogens (tertiary/aromatic N) is 3. The van der Waals surface area contributed by atoms with Gasteiger partial charge in [0, 0.05) is 19.8 Å². The Morgan fingerprint density at radius 3 is 0.985 bits per heavy atom. The molecule has 0 atom stereocenters. The number of benzene rings is 2. The van der Waals surface area contributed by atoms with Crippen molar-refractivity contribution < 1.29 is 14.2 Å². The molecule has 9 rings (SSSR count). The van der Waals surface area contributed by atoms with Gasteiger partial charge >= 0.3 is 0 Å². The maximum atomic E-state index is 6.39. The van der Waals surface area contributed by atoms with Crippen LogP contribution in [0.2, 0.25) is 0 Å². The van der Waals surface area contributed by atoms with Crippen molar-refractivity contribution in [2.75, 3.05) is 19.8 Å². The van der Waals surface area contributed by atoms with E-state index >= 15 is 0 Å². The summed E-state index contributed by atoms with van der Waals surface area (Å²) >= 11 is 0. The minimum absolute atomic E-state index is 0.166. The smallest absolute Gasteiger partial charge is 0.0932 e. The average molecular weight is 912 g/mol. The van der Waals surface area contributed by atoms with E-state index in [-0.39, 0.29) is 16.8 Å². The summed E-state index contributed by atoms with van der Waals surface area (Å²) in [5.41, 5.74) is 24.3. The number of ether oxygens (including phenoxy) is 3. The summed E-state index contributed by atoms with van der Waals surface area (Å²) < 4.78 is 19.1. The van der Waals surface area contributed by atoms with Gasteiger partial charge in [-0.15, -0.1) is 0 Å². The van der Waals surface area contributed by atoms with Gasteiger partial charge in [-0.1, -0.05) is 60.7 Å². The van der Waals surface area contributed by atoms with Crippen LogP contribution in [0.4, 0.5) is 0 Å². The Balaban J connectivity index is 1.24. The van der Waals surface area contributed by atoms with Crippen molar-refractivity contribution in [3.63, 3.8) is 0 Å². The Labute approximate surface area is 408 Å². The van der Waals surface area contributed by atoms with E-state index in [9.17, 15) is 0 Å². The molecule has 0 bridgehead atoms. The van der Waals surface area contributed by atoms with Gasteiger partial charge in [-0.2, -0.15) is 0 Å². The highest BCUT2D eigenvalue weighted by Crippen LogP contribution is 2.47. The molecule has 4 aliphatic rings. The van der Waals surface area contributed by atoms with Crippen molar-refractivity contribution in [3.05, 3.63) is 133 Å². The molecule has 0 unspecified atom stereocenters. The molecule has 0 aliphatic heterocycles. The predicted octanol–water partition coefficient (Wildman–Crippen LogP) is 14.4. The molecule has 5 aromatic rings. The third-order valence-corrected chi connectivity index (χ3v) is 14.2. The van der Waals surface area contributed by atoms with Crippen LogP contribution in [0.25, 0.3) is 46.1 Å². The third-order valence-electron chi connectivity index (χ3n) is 14.2. The van der Waals surface area contributed by atoms with Gasteiger partial charge in [0.1, 0.15) is 0 Å². The van der Waals surface area contributed by atoms with E-state index in [1.54, 1.807) is 0 Å². The number of pyridine rings is 3. The molecule has 2 aromatic carbocycles. The number of allylic oxidation sites excluding steroid dienone is 2. The summed E-state index contributed by atoms with van der Waals surface area (Å²) in [5.74, 6) is 0. The number of hydrogen-bond acceptors (Lipinski definition) is 6. The molecule has 358 valence electrons. The van der Waals surface area contributed by atoms with Crippen LogP contribution >= 0.6 is 0 Å². The normalized spacial score (nSPS) is 16.8. The molecule has 0 saturated carbocycles. The first-order chi connectivity index (χ1) is 32.6. The maximum Gasteiger partial charge on any atom is 0.0932 e. The molecule has 0 spiro atoms. The van der Waals surface area contributed by atoms with Crippen molar-refractivity contribution >= 4 is 23.3 Å². The van der Waals surface area contributed by atoms with Gasteiger partial charge in [-0.25, -0.2) is 15.0 Å². The van der Waals surface area contributed by atoms with Gasteiger partial charge in [-0.05, 0) is 250 Å². The minimum Gasteiger partial charge on any atom is -0.376 e. The monoisotopic (exact) mass is 912 g/mol. The second-order valence-electron chi connectivity index (χ2n) is 22.8. The molecule has 0 N–H and O–H groups in total. The molecule has 68 heavy (non-hydrogen) atoms. The zero-order valence-corrected chi connectivity index (χ0v) is 42.9. The summed E-state index contributed by atoms with van der Waals surface area (Å²) in [6, 6.07) is 21.7. The highest BCUT2D eigenvalue weighted by atomic mass is 16.5. The fraction of sp³-hybridized carbons (Fsp3) is 0.500. The second kappa shape index (κ2) is 20.3. The Morgan fingerprint density at radius 1 is 0.382 bits per heavy atom. The molecular weight excluding hydrogens is 835 g/mol. The van der Waals surface area contributed by atoms with Crippen LogP contribution in [0.5, 0.6) is 0 Å². The van der Waals surface area contributed by atoms with Crippen LogP contribution in [-0.4, -0.2) is 51.6 Å². The fourth-order valence-electron chi connectivity index (χ4n) is 11.3. The first-order valence-corrected chi connectivity index (χ1v) is 26.2. The van der Waals surface area contributed by atoms with E-state index in [2.05, 4.69) is 135 Å². The van der Waals surface area contributed by atoms with Gasteiger partial charge in [0.05, 0.1) is 51.0 Å². The quantitative estimate of drug-likeness (QED) is 0.103. The lowest BCUT2D eigenvalue weighted by atomic mass is 9.76. The number of hydrogen-bond donors (Lipinski definition) is 0. The van der Waals surface area contributed by atoms with Gasteiger partial charge in [0.2, 0.25) is 0 Å². The van der Waals surface area contributed by atoms with Crippen molar-refractivity contribution in [1.82, 2.24) is 15.0 Å². The van der Waals surface area contributed by atoms with Crippen molar-refractivity contribution in [2.24, 2.45) is 0 Å². The van der Waals surface area contributed by atoms with E-state index in [1.807, 2.05) is 0 Å². The topological polar surface area (TPSA) is 66.4 Å². The standard InChI is InChI=1S/C62H77N3O3/c1-60(2,3)66-36-18-29-45-48-27-16-25-43(39-41-21-12-10-13-22-41)54(48)63-56-50(45)32-34-52-47(31-20-38-68-62(7,8)9)53-35-33-51-46(30-19-37-67-61(4,5)6)49-28-17-26-44(40-42-23-14-11-15-24-42)55(49)64-57(51)59(53)65-58(52)56/h10-15,21-24,39-40H,16-20,25-38H2,1-9H3/b43-39-,44-40+. The molecule has 3 heterocycles. The SMILES string of the molecule is CC(C)(C)OCCCc1c2c(nc3c1CCc1c-3nc3c(c1CCCOC(C)(C)C)CCc1c-3nc3c(c1CCCOC(C)(C)C)CCC/C3=C\c1ccccc1)/C(=C\c1ccccc1)CCC2. The average Bonchev–Trinajstić information content (AvgIpc) is 3.29. The number of aromatic nitrogens is 3. The molecule has 0 radical (unpaired) electrons. The molecule has 0 fully saturated rings. The largest absolute Gasteiger partial charge is 0.376 e. The number of fused-ring (bicyclic) bond motifs is 8. The molecule has 6 heteroatoms. The zero-order valence-electron chi connectivity index (χ0n) is 42.9. The molecule has 4 aliphatic carbocycles. The Bertz CT molecular complexity index is 2500. The lowest BCUT2D eigenvalue weighted by molar-refractivity contribution is -0.00425. The Kier molecular flexibility index (Phi) is 14.4. The van der Waals surface area contributed by atoms with Crippen LogP contribution in [0.3, 0.4) is 0 Å². The summed E-state index contributed by atoms with van der Waals surface area (Å²) in [6.07, 6.45) is 21.0. The fourth-order valence-corrected chi connectivity index (χ4v) is 11.3. The summed E-state index contributed by atoms with van der Waals surface area (Å²) in [4.78, 5) is 17.7. The number of rotatable bonds is 14. The van der Waals surface area contributed by atoms with Gasteiger partial charge in [0.25, 0.3) is 0 Å². The Morgan fingerprint density at radius 2 is 0.676 bits per heavy atom. The summed E-state index contributed by atoms with van der Waals surface area (Å²) in [5, 5.41) is 0. The third kappa shape index (κ3) is 11.1. The predicted molar refractivity (Wildman–Crippen MR) is 282 cm³/mol. The van der Waals surface area contributed by atoms with Crippen LogP contribution in [0, 0.1) is 0 Å². The minimum atomic E-state index is -0.181. The van der Waals surface area contributed by atoms with E-state index in [4.69, 9.17) is 29.2 Å². The Hall–Kier alpha value is -4.75. The van der Waals surface area contributed by atoms with Crippen molar-refractivity contribution in [1.29, 1.82) is 0 Å². The molecule has 0 saturated heterocycles. The second-order valence-corrected chi connectivity index (χ2v) is 22.8. The van der Waals surface area contributed by atoms with E-state index < -0.39 is 0 Å². The molecule has 3 aromatic heterocycles. The molecule has 0 amide bonds. The highest BCUT2D eigenvalue weighted by Gasteiger charge is 2.35. The van der Waals surface area contributed by atoms with Crippen molar-refractivity contribution in [3.8, 4) is 22.8 Å². The van der Waals surface area contributed by atoms with Crippen LogP contribution < -0.4 is 0 Å². The molecule has 6 nitrogen and oxygen atoms in total. The van der Waals surface area contributed by atoms with Gasteiger partial charge in [-0.3, -0.25) is 0 Å². The first kappa shape index (κ1) is 48.3. The van der Waals surface area contributed by atoms with Crippen LogP contribution in [-0.2, 0) is 72.0 Å². The lowest BCUT2D eigenvalue weighted by Gasteiger charge is -2.33. The van der Waals surface area contributed by atoms with Crippen molar-refractivity contribution in [2.45, 2.75) is 182 Å². The van der Waals surface area contributed by atoms with Gasteiger partial charge < -0.3 is 14.2 Å². The van der Waals surface area contributed by atoms with E-state index in [0.717, 1.165) is 145 Å². The highest BCUT2D eigenvalue weighted by molar-refractivity contribution is 5.87. The maximum absolute atomic E-state index is 6.39. The first-order valence-electron chi connectivity index (χ1n) is 26.2. The zero-order chi connectivity index (χ0) is 47.6. The summed E-state index contributed by atoms with van der Waals surface area (Å²) in [7, 11) is 0. The molecular formula is C62H77N3O3. The van der Waals surface area contributed by atoms with E-state index in [1.165, 1.54) is 83.7 Å².